The summed E-state index contributed by atoms with van der Waals surface area (Å²) in [5.74, 6) is -0.365. The summed E-state index contributed by atoms with van der Waals surface area (Å²) in [6.07, 6.45) is 4.90. The standard InChI is InChI=1S/C32H62O6Si2/c1-28(2,3)39(11,12)37-24-16-15-22-19-26(33)31(9)18-17-27(36-21-35-10)32(34,38-40(13,14)29(4,5)6)25(31)20-23(24)30(22,7)8/h16,22-23,25-27,33-34H,15,17-21H2,1-14H3/t22-,23-,25+,26+,27+,31-,32+/m1/s1. The van der Waals surface area contributed by atoms with Crippen molar-refractivity contribution < 1.29 is 28.5 Å². The molecule has 0 spiro atoms. The van der Waals surface area contributed by atoms with Gasteiger partial charge in [0.15, 0.2) is 14.1 Å². The molecule has 2 N–H and O–H groups in total. The lowest BCUT2D eigenvalue weighted by Gasteiger charge is -2.62. The van der Waals surface area contributed by atoms with Crippen LogP contribution in [0.2, 0.25) is 36.3 Å². The molecule has 0 heterocycles. The van der Waals surface area contributed by atoms with Crippen LogP contribution in [0.1, 0.15) is 94.4 Å². The Balaban J connectivity index is 2.18. The number of rotatable bonds is 7. The minimum Gasteiger partial charge on any atom is -0.547 e. The second-order valence-corrected chi connectivity index (χ2v) is 26.5. The van der Waals surface area contributed by atoms with Gasteiger partial charge in [-0.2, -0.15) is 0 Å². The molecule has 0 unspecified atom stereocenters. The number of fused-ring (bicyclic) bond motifs is 3. The van der Waals surface area contributed by atoms with Crippen molar-refractivity contribution in [1.82, 2.24) is 0 Å². The van der Waals surface area contributed by atoms with E-state index in [1.807, 2.05) is 0 Å². The molecule has 40 heavy (non-hydrogen) atoms. The van der Waals surface area contributed by atoms with E-state index in [0.29, 0.717) is 25.2 Å². The van der Waals surface area contributed by atoms with E-state index >= 15 is 0 Å². The summed E-state index contributed by atoms with van der Waals surface area (Å²) in [4.78, 5) is 0. The minimum atomic E-state index is -2.44. The first-order valence-electron chi connectivity index (χ1n) is 15.5. The van der Waals surface area contributed by atoms with Crippen LogP contribution in [0.5, 0.6) is 0 Å². The van der Waals surface area contributed by atoms with E-state index in [4.69, 9.17) is 18.3 Å². The summed E-state index contributed by atoms with van der Waals surface area (Å²) in [7, 11) is -2.92. The van der Waals surface area contributed by atoms with Crippen LogP contribution in [-0.2, 0) is 18.3 Å². The molecule has 0 aromatic carbocycles. The predicted molar refractivity (Wildman–Crippen MR) is 168 cm³/mol. The quantitative estimate of drug-likeness (QED) is 0.230. The van der Waals surface area contributed by atoms with Crippen molar-refractivity contribution >= 4 is 16.6 Å². The molecule has 2 bridgehead atoms. The van der Waals surface area contributed by atoms with Crippen molar-refractivity contribution in [3.63, 3.8) is 0 Å². The average Bonchev–Trinajstić information content (AvgIpc) is 2.77. The molecule has 0 saturated heterocycles. The Morgan fingerprint density at radius 1 is 0.950 bits per heavy atom. The minimum absolute atomic E-state index is 0.0806. The fraction of sp³-hybridized carbons (Fsp3) is 0.938. The van der Waals surface area contributed by atoms with Crippen LogP contribution < -0.4 is 0 Å². The lowest BCUT2D eigenvalue weighted by Crippen LogP contribution is -2.68. The van der Waals surface area contributed by atoms with Gasteiger partial charge in [0.2, 0.25) is 8.32 Å². The highest BCUT2D eigenvalue weighted by Gasteiger charge is 2.65. The fourth-order valence-corrected chi connectivity index (χ4v) is 9.44. The second kappa shape index (κ2) is 11.0. The molecule has 2 fully saturated rings. The van der Waals surface area contributed by atoms with Crippen LogP contribution in [0, 0.1) is 28.6 Å². The smallest absolute Gasteiger partial charge is 0.250 e. The van der Waals surface area contributed by atoms with Crippen molar-refractivity contribution in [1.29, 1.82) is 0 Å². The molecule has 0 amide bonds. The van der Waals surface area contributed by atoms with Gasteiger partial charge in [-0.15, -0.1) is 0 Å². The molecule has 0 radical (unpaired) electrons. The second-order valence-electron chi connectivity index (χ2n) is 17.0. The van der Waals surface area contributed by atoms with E-state index in [-0.39, 0.29) is 34.1 Å². The largest absolute Gasteiger partial charge is 0.547 e. The number of aliphatic hydroxyl groups excluding tert-OH is 1. The summed E-state index contributed by atoms with van der Waals surface area (Å²) in [6.45, 7) is 29.4. The highest BCUT2D eigenvalue weighted by molar-refractivity contribution is 6.74. The summed E-state index contributed by atoms with van der Waals surface area (Å²) >= 11 is 0. The fourth-order valence-electron chi connectivity index (χ4n) is 6.92. The molecular weight excluding hydrogens is 537 g/mol. The summed E-state index contributed by atoms with van der Waals surface area (Å²) in [5, 5.41) is 24.9. The zero-order chi connectivity index (χ0) is 30.7. The Hall–Kier alpha value is -0.226. The summed E-state index contributed by atoms with van der Waals surface area (Å²) in [6, 6.07) is 0. The average molecular weight is 599 g/mol. The Morgan fingerprint density at radius 2 is 1.52 bits per heavy atom. The zero-order valence-corrected chi connectivity index (χ0v) is 30.2. The SMILES string of the molecule is COCO[C@H]1CC[C@@]2(C)[C@@H](O)C[C@H]3CC=C(O[Si](C)(C)C(C)(C)C)[C@@H](C[C@@H]2[C@]1(O)O[Si](C)(C)C(C)(C)C)C3(C)C. The van der Waals surface area contributed by atoms with Gasteiger partial charge in [-0.1, -0.05) is 62.3 Å². The maximum Gasteiger partial charge on any atom is 0.250 e. The van der Waals surface area contributed by atoms with Crippen LogP contribution in [0.15, 0.2) is 11.8 Å². The molecule has 8 heteroatoms. The number of hydrogen-bond acceptors (Lipinski definition) is 6. The summed E-state index contributed by atoms with van der Waals surface area (Å²) in [5.41, 5.74) is -0.622. The number of ether oxygens (including phenoxy) is 2. The Morgan fingerprint density at radius 3 is 2.05 bits per heavy atom. The van der Waals surface area contributed by atoms with Gasteiger partial charge in [-0.05, 0) is 85.8 Å². The third-order valence-electron chi connectivity index (χ3n) is 12.1. The highest BCUT2D eigenvalue weighted by atomic mass is 28.4. The molecule has 7 atom stereocenters. The van der Waals surface area contributed by atoms with Gasteiger partial charge in [-0.25, -0.2) is 0 Å². The Kier molecular flexibility index (Phi) is 9.46. The number of methoxy groups -OCH3 is 1. The van der Waals surface area contributed by atoms with Crippen molar-refractivity contribution in [3.05, 3.63) is 11.8 Å². The van der Waals surface area contributed by atoms with Gasteiger partial charge >= 0.3 is 0 Å². The third kappa shape index (κ3) is 6.06. The van der Waals surface area contributed by atoms with Gasteiger partial charge < -0.3 is 28.5 Å². The molecule has 3 rings (SSSR count). The van der Waals surface area contributed by atoms with Gasteiger partial charge in [0, 0.05) is 24.4 Å². The molecule has 0 aromatic rings. The van der Waals surface area contributed by atoms with E-state index in [1.165, 1.54) is 0 Å². The van der Waals surface area contributed by atoms with Crippen molar-refractivity contribution in [2.24, 2.45) is 28.6 Å². The molecule has 0 aliphatic heterocycles. The van der Waals surface area contributed by atoms with Crippen LogP contribution in [0.25, 0.3) is 0 Å². The molecular formula is C32H62O6Si2. The normalized spacial score (nSPS) is 37.2. The summed E-state index contributed by atoms with van der Waals surface area (Å²) < 4.78 is 25.7. The number of aliphatic hydroxyl groups is 2. The molecule has 3 aliphatic rings. The first-order chi connectivity index (χ1) is 17.9. The molecule has 0 aromatic heterocycles. The van der Waals surface area contributed by atoms with Crippen molar-refractivity contribution in [2.75, 3.05) is 13.9 Å². The van der Waals surface area contributed by atoms with Gasteiger partial charge in [0.1, 0.15) is 12.9 Å². The Labute approximate surface area is 247 Å². The van der Waals surface area contributed by atoms with Crippen molar-refractivity contribution in [2.45, 2.75) is 149 Å². The molecule has 6 nitrogen and oxygen atoms in total. The van der Waals surface area contributed by atoms with E-state index in [1.54, 1.807) is 7.11 Å². The lowest BCUT2D eigenvalue weighted by molar-refractivity contribution is -0.322. The molecule has 3 aliphatic carbocycles. The highest BCUT2D eigenvalue weighted by Crippen LogP contribution is 2.62. The predicted octanol–water partition coefficient (Wildman–Crippen LogP) is 7.82. The monoisotopic (exact) mass is 598 g/mol. The van der Waals surface area contributed by atoms with Crippen molar-refractivity contribution in [3.8, 4) is 0 Å². The van der Waals surface area contributed by atoms with E-state index in [2.05, 4.69) is 94.6 Å². The van der Waals surface area contributed by atoms with Crippen LogP contribution >= 0.6 is 0 Å². The number of hydrogen-bond donors (Lipinski definition) is 2. The van der Waals surface area contributed by atoms with Gasteiger partial charge in [0.05, 0.1) is 11.9 Å². The third-order valence-corrected chi connectivity index (χ3v) is 20.9. The van der Waals surface area contributed by atoms with Crippen LogP contribution in [0.3, 0.4) is 0 Å². The van der Waals surface area contributed by atoms with Gasteiger partial charge in [0.25, 0.3) is 0 Å². The van der Waals surface area contributed by atoms with E-state index in [0.717, 1.165) is 18.6 Å². The maximum atomic E-state index is 12.9. The van der Waals surface area contributed by atoms with Crippen LogP contribution in [0.4, 0.5) is 0 Å². The van der Waals surface area contributed by atoms with Gasteiger partial charge in [-0.3, -0.25) is 0 Å². The topological polar surface area (TPSA) is 77.4 Å². The maximum absolute atomic E-state index is 12.9. The van der Waals surface area contributed by atoms with E-state index < -0.39 is 40.0 Å². The van der Waals surface area contributed by atoms with E-state index in [9.17, 15) is 10.2 Å². The first-order valence-corrected chi connectivity index (χ1v) is 21.4. The molecule has 234 valence electrons. The number of allylic oxidation sites excluding steroid dienone is 2. The Bertz CT molecular complexity index is 933. The zero-order valence-electron chi connectivity index (χ0n) is 28.2. The lowest BCUT2D eigenvalue weighted by atomic mass is 9.50. The van der Waals surface area contributed by atoms with Crippen LogP contribution in [-0.4, -0.2) is 58.7 Å². The first kappa shape index (κ1) is 34.3. The molecule has 2 saturated carbocycles.